The molecule has 0 fully saturated rings. The summed E-state index contributed by atoms with van der Waals surface area (Å²) in [6.07, 6.45) is 0. The third kappa shape index (κ3) is 5.21. The van der Waals surface area contributed by atoms with Gasteiger partial charge in [0.1, 0.15) is 11.2 Å². The molecule has 0 aliphatic carbocycles. The quantitative estimate of drug-likeness (QED) is 0.171. The maximum Gasteiger partial charge on any atom is 0.164 e. The van der Waals surface area contributed by atoms with E-state index in [2.05, 4.69) is 6.07 Å². The number of aromatic nitrogens is 4. The minimum Gasteiger partial charge on any atom is -0.455 e. The van der Waals surface area contributed by atoms with Crippen LogP contribution in [0.25, 0.3) is 106 Å². The smallest absolute Gasteiger partial charge is 0.164 e. The number of para-hydroxylation sites is 4. The minimum absolute atomic E-state index is 0.0460. The monoisotopic (exact) mass is 722 g/mol. The van der Waals surface area contributed by atoms with Gasteiger partial charge in [0.15, 0.2) is 17.5 Å². The molecule has 0 bridgehead atoms. The fraction of sp³-hybridized carbons (Fsp3) is 0. The lowest BCUT2D eigenvalue weighted by Crippen LogP contribution is -2.02. The van der Waals surface area contributed by atoms with Gasteiger partial charge in [-0.15, -0.1) is 0 Å². The van der Waals surface area contributed by atoms with Gasteiger partial charge in [-0.1, -0.05) is 164 Å². The second-order valence-electron chi connectivity index (χ2n) is 13.5. The van der Waals surface area contributed by atoms with E-state index in [1.807, 2.05) is 140 Å². The molecular weight excluding hydrogens is 685 g/mol. The molecule has 0 aliphatic rings. The number of nitrogens with zero attached hydrogens (tertiary/aromatic N) is 4. The average Bonchev–Trinajstić information content (AvgIpc) is 3.88. The third-order valence-electron chi connectivity index (χ3n) is 10.2. The fourth-order valence-electron chi connectivity index (χ4n) is 7.69. The maximum absolute atomic E-state index is 9.27. The zero-order valence-electron chi connectivity index (χ0n) is 35.7. The van der Waals surface area contributed by atoms with Gasteiger partial charge in [-0.05, 0) is 41.4 Å². The van der Waals surface area contributed by atoms with Crippen LogP contribution in [0.1, 0.15) is 8.22 Å². The van der Waals surface area contributed by atoms with Crippen LogP contribution in [0.15, 0.2) is 198 Å². The van der Waals surface area contributed by atoms with Crippen LogP contribution in [0, 0.1) is 0 Å². The molecule has 0 unspecified atom stereocenters. The predicted octanol–water partition coefficient (Wildman–Crippen LogP) is 13.2. The lowest BCUT2D eigenvalue weighted by atomic mass is 9.93. The molecule has 0 saturated heterocycles. The SMILES string of the molecule is [2H]c1cc([2H])c2c(c1[2H])c1c([2H])c([2H])cc([2H])c1n2-c1ccc(-c2cccc3c2oc2ccccc23)cc1-c1ccccc1-c1nc(-c2ccccc2)nc(-c2ccccc2)n1. The van der Waals surface area contributed by atoms with Crippen molar-refractivity contribution in [2.24, 2.45) is 0 Å². The summed E-state index contributed by atoms with van der Waals surface area (Å²) in [7, 11) is 0. The van der Waals surface area contributed by atoms with Gasteiger partial charge in [-0.2, -0.15) is 0 Å². The topological polar surface area (TPSA) is 56.7 Å². The molecule has 3 heterocycles. The van der Waals surface area contributed by atoms with Crippen molar-refractivity contribution < 1.29 is 12.6 Å². The van der Waals surface area contributed by atoms with Crippen LogP contribution in [-0.4, -0.2) is 19.5 Å². The lowest BCUT2D eigenvalue weighted by Gasteiger charge is -2.18. The fourth-order valence-corrected chi connectivity index (χ4v) is 7.69. The first-order valence-corrected chi connectivity index (χ1v) is 18.3. The molecule has 5 heteroatoms. The van der Waals surface area contributed by atoms with Crippen molar-refractivity contribution in [1.82, 2.24) is 19.5 Å². The summed E-state index contributed by atoms with van der Waals surface area (Å²) < 4.78 is 62.2. The molecule has 0 N–H and O–H groups in total. The van der Waals surface area contributed by atoms with Gasteiger partial charge >= 0.3 is 0 Å². The van der Waals surface area contributed by atoms with E-state index in [4.69, 9.17) is 24.9 Å². The Morgan fingerprint density at radius 1 is 0.411 bits per heavy atom. The van der Waals surface area contributed by atoms with E-state index >= 15 is 0 Å². The number of hydrogen-bond acceptors (Lipinski definition) is 4. The molecule has 262 valence electrons. The van der Waals surface area contributed by atoms with E-state index in [1.54, 1.807) is 4.57 Å². The molecule has 11 rings (SSSR count). The van der Waals surface area contributed by atoms with Gasteiger partial charge in [0, 0.05) is 49.4 Å². The van der Waals surface area contributed by atoms with Gasteiger partial charge in [-0.3, -0.25) is 0 Å². The van der Waals surface area contributed by atoms with E-state index < -0.39 is 0 Å². The molecule has 0 spiro atoms. The molecule has 3 aromatic heterocycles. The Labute approximate surface area is 331 Å². The van der Waals surface area contributed by atoms with Crippen molar-refractivity contribution in [1.29, 1.82) is 0 Å². The second kappa shape index (κ2) is 13.0. The van der Waals surface area contributed by atoms with E-state index in [-0.39, 0.29) is 58.1 Å². The Balaban J connectivity index is 1.25. The third-order valence-corrected chi connectivity index (χ3v) is 10.2. The molecule has 11 aromatic rings. The lowest BCUT2D eigenvalue weighted by molar-refractivity contribution is 0.670. The molecule has 8 aromatic carbocycles. The van der Waals surface area contributed by atoms with Gasteiger partial charge in [0.25, 0.3) is 0 Å². The largest absolute Gasteiger partial charge is 0.455 e. The van der Waals surface area contributed by atoms with Crippen molar-refractivity contribution in [2.75, 3.05) is 0 Å². The number of benzene rings is 8. The molecule has 56 heavy (non-hydrogen) atoms. The Hall–Kier alpha value is -7.63. The maximum atomic E-state index is 9.27. The van der Waals surface area contributed by atoms with Crippen LogP contribution in [-0.2, 0) is 0 Å². The first-order valence-electron chi connectivity index (χ1n) is 21.3. The van der Waals surface area contributed by atoms with E-state index in [1.165, 1.54) is 12.1 Å². The first-order chi connectivity index (χ1) is 30.2. The van der Waals surface area contributed by atoms with Crippen LogP contribution >= 0.6 is 0 Å². The Morgan fingerprint density at radius 2 is 0.982 bits per heavy atom. The zero-order chi connectivity index (χ0) is 42.2. The molecule has 0 saturated carbocycles. The Bertz CT molecular complexity index is 3480. The average molecular weight is 723 g/mol. The van der Waals surface area contributed by atoms with Crippen molar-refractivity contribution >= 4 is 43.7 Å². The number of rotatable bonds is 6. The van der Waals surface area contributed by atoms with Gasteiger partial charge < -0.3 is 8.98 Å². The summed E-state index contributed by atoms with van der Waals surface area (Å²) in [6, 6.07) is 49.1. The molecule has 0 amide bonds. The van der Waals surface area contributed by atoms with Crippen molar-refractivity contribution in [3.63, 3.8) is 0 Å². The van der Waals surface area contributed by atoms with Gasteiger partial charge in [-0.25, -0.2) is 15.0 Å². The highest BCUT2D eigenvalue weighted by Gasteiger charge is 2.22. The highest BCUT2D eigenvalue weighted by Crippen LogP contribution is 2.43. The summed E-state index contributed by atoms with van der Waals surface area (Å²) >= 11 is 0. The molecule has 0 radical (unpaired) electrons. The summed E-state index contributed by atoms with van der Waals surface area (Å²) in [6.45, 7) is 0. The summed E-state index contributed by atoms with van der Waals surface area (Å²) in [5.74, 6) is 1.42. The Kier molecular flexibility index (Phi) is 6.10. The van der Waals surface area contributed by atoms with Crippen molar-refractivity contribution in [3.05, 3.63) is 194 Å². The van der Waals surface area contributed by atoms with Gasteiger partial charge in [0.05, 0.1) is 24.9 Å². The second-order valence-corrected chi connectivity index (χ2v) is 13.5. The highest BCUT2D eigenvalue weighted by atomic mass is 16.3. The van der Waals surface area contributed by atoms with Crippen molar-refractivity contribution in [3.8, 4) is 62.1 Å². The number of fused-ring (bicyclic) bond motifs is 6. The van der Waals surface area contributed by atoms with Crippen LogP contribution < -0.4 is 0 Å². The van der Waals surface area contributed by atoms with Crippen LogP contribution in [0.5, 0.6) is 0 Å². The summed E-state index contributed by atoms with van der Waals surface area (Å²) in [5, 5.41) is 2.33. The first kappa shape index (κ1) is 26.2. The van der Waals surface area contributed by atoms with E-state index in [0.717, 1.165) is 49.8 Å². The Morgan fingerprint density at radius 3 is 1.68 bits per heavy atom. The molecule has 0 aliphatic heterocycles. The van der Waals surface area contributed by atoms with E-state index in [9.17, 15) is 2.74 Å². The standard InChI is InChI=1S/C51H32N4O/c1-3-16-33(17-4-1)49-52-50(34-18-5-2-6-19-34)54-51(53-49)42-24-8-7-20-37(42)43-32-35(36-25-15-26-41-40-23-11-14-29-47(40)56-48(36)41)30-31-46(43)55-44-27-12-9-21-38(44)39-22-10-13-28-45(39)55/h1-32H/i9D,10D,21D,22D,27D,28D. The summed E-state index contributed by atoms with van der Waals surface area (Å²) in [5.41, 5.74) is 7.98. The number of furan rings is 1. The van der Waals surface area contributed by atoms with Crippen LogP contribution in [0.3, 0.4) is 0 Å². The number of hydrogen-bond donors (Lipinski definition) is 0. The van der Waals surface area contributed by atoms with Gasteiger partial charge in [0.2, 0.25) is 0 Å². The van der Waals surface area contributed by atoms with Crippen molar-refractivity contribution in [2.45, 2.75) is 0 Å². The molecule has 5 nitrogen and oxygen atoms in total. The normalized spacial score (nSPS) is 13.1. The van der Waals surface area contributed by atoms with Crippen LogP contribution in [0.2, 0.25) is 0 Å². The minimum atomic E-state index is -0.180. The van der Waals surface area contributed by atoms with Crippen LogP contribution in [0.4, 0.5) is 0 Å². The predicted molar refractivity (Wildman–Crippen MR) is 229 cm³/mol. The molecule has 0 atom stereocenters. The summed E-state index contributed by atoms with van der Waals surface area (Å²) in [4.78, 5) is 15.1. The zero-order valence-corrected chi connectivity index (χ0v) is 29.7. The van der Waals surface area contributed by atoms with E-state index in [0.29, 0.717) is 34.3 Å². The highest BCUT2D eigenvalue weighted by molar-refractivity contribution is 6.11. The molecular formula is C51H32N4O.